The number of aromatic carboxylic acids is 1. The molecule has 4 nitrogen and oxygen atoms in total. The largest absolute Gasteiger partial charge is 0.476 e. The Balaban J connectivity index is 2.98. The van der Waals surface area contributed by atoms with E-state index in [0.717, 1.165) is 0 Å². The van der Waals surface area contributed by atoms with E-state index in [0.29, 0.717) is 5.01 Å². The van der Waals surface area contributed by atoms with Crippen molar-refractivity contribution in [1.29, 1.82) is 0 Å². The van der Waals surface area contributed by atoms with E-state index >= 15 is 0 Å². The van der Waals surface area contributed by atoms with Gasteiger partial charge in [-0.05, 0) is 5.41 Å². The highest BCUT2D eigenvalue weighted by molar-refractivity contribution is 7.09. The third kappa shape index (κ3) is 2.76. The molecule has 84 valence electrons. The van der Waals surface area contributed by atoms with E-state index in [1.54, 1.807) is 7.11 Å². The summed E-state index contributed by atoms with van der Waals surface area (Å²) in [6.45, 7) is 6.09. The predicted octanol–water partition coefficient (Wildman–Crippen LogP) is 2.57. The van der Waals surface area contributed by atoms with Gasteiger partial charge in [-0.1, -0.05) is 20.8 Å². The van der Waals surface area contributed by atoms with Gasteiger partial charge in [0.15, 0.2) is 5.69 Å². The highest BCUT2D eigenvalue weighted by atomic mass is 32.1. The van der Waals surface area contributed by atoms with Crippen LogP contribution in [0.25, 0.3) is 0 Å². The number of hydrogen-bond acceptors (Lipinski definition) is 4. The van der Waals surface area contributed by atoms with E-state index in [1.165, 1.54) is 16.7 Å². The van der Waals surface area contributed by atoms with Gasteiger partial charge in [-0.2, -0.15) is 0 Å². The van der Waals surface area contributed by atoms with E-state index < -0.39 is 5.97 Å². The van der Waals surface area contributed by atoms with Crippen LogP contribution < -0.4 is 0 Å². The highest BCUT2D eigenvalue weighted by Crippen LogP contribution is 2.36. The van der Waals surface area contributed by atoms with Crippen LogP contribution in [0.3, 0.4) is 0 Å². The molecule has 1 N–H and O–H groups in total. The first-order valence-corrected chi connectivity index (χ1v) is 5.45. The molecule has 0 fully saturated rings. The number of carbonyl (C=O) groups is 1. The number of methoxy groups -OCH3 is 1. The molecule has 1 atom stereocenters. The first-order valence-electron chi connectivity index (χ1n) is 4.57. The second kappa shape index (κ2) is 4.28. The number of thiazole rings is 1. The number of nitrogens with zero attached hydrogens (tertiary/aromatic N) is 1. The maximum atomic E-state index is 10.7. The van der Waals surface area contributed by atoms with Crippen LogP contribution in [-0.4, -0.2) is 23.2 Å². The zero-order valence-electron chi connectivity index (χ0n) is 9.27. The normalized spacial score (nSPS) is 13.9. The van der Waals surface area contributed by atoms with Crippen molar-refractivity contribution in [2.24, 2.45) is 5.41 Å². The van der Waals surface area contributed by atoms with Gasteiger partial charge in [-0.15, -0.1) is 11.3 Å². The van der Waals surface area contributed by atoms with Crippen LogP contribution in [0, 0.1) is 5.41 Å². The Morgan fingerprint density at radius 2 is 2.20 bits per heavy atom. The lowest BCUT2D eigenvalue weighted by Crippen LogP contribution is -2.20. The third-order valence-corrected chi connectivity index (χ3v) is 2.88. The van der Waals surface area contributed by atoms with Gasteiger partial charge in [0.05, 0.1) is 0 Å². The molecule has 0 aliphatic rings. The van der Waals surface area contributed by atoms with Gasteiger partial charge in [-0.25, -0.2) is 9.78 Å². The molecule has 1 heterocycles. The molecule has 15 heavy (non-hydrogen) atoms. The highest BCUT2D eigenvalue weighted by Gasteiger charge is 2.29. The molecular formula is C10H15NO3S. The number of carboxylic acid groups (broad SMARTS) is 1. The molecule has 0 bridgehead atoms. The van der Waals surface area contributed by atoms with Crippen molar-refractivity contribution in [2.45, 2.75) is 26.9 Å². The average Bonchev–Trinajstić information content (AvgIpc) is 2.51. The average molecular weight is 229 g/mol. The van der Waals surface area contributed by atoms with E-state index in [-0.39, 0.29) is 17.2 Å². The Hall–Kier alpha value is -0.940. The first-order chi connectivity index (χ1) is 6.86. The van der Waals surface area contributed by atoms with E-state index in [2.05, 4.69) is 4.98 Å². The molecule has 0 amide bonds. The molecule has 0 aliphatic carbocycles. The lowest BCUT2D eigenvalue weighted by Gasteiger charge is -2.27. The standard InChI is InChI=1S/C10H15NO3S/c1-10(2,3)7(14-4)8-11-6(5-15-8)9(12)13/h5,7H,1-4H3,(H,12,13). The summed E-state index contributed by atoms with van der Waals surface area (Å²) >= 11 is 1.32. The molecule has 1 aromatic heterocycles. The van der Waals surface area contributed by atoms with Gasteiger partial charge >= 0.3 is 5.97 Å². The molecule has 0 radical (unpaired) electrons. The summed E-state index contributed by atoms with van der Waals surface area (Å²) in [5.74, 6) is -0.999. The molecule has 0 saturated carbocycles. The number of aromatic nitrogens is 1. The second-order valence-electron chi connectivity index (χ2n) is 4.36. The van der Waals surface area contributed by atoms with Crippen molar-refractivity contribution in [3.63, 3.8) is 0 Å². The van der Waals surface area contributed by atoms with Crippen molar-refractivity contribution >= 4 is 17.3 Å². The molecule has 0 saturated heterocycles. The predicted molar refractivity (Wildman–Crippen MR) is 58.3 cm³/mol. The van der Waals surface area contributed by atoms with Crippen molar-refractivity contribution < 1.29 is 14.6 Å². The number of ether oxygens (including phenoxy) is 1. The van der Waals surface area contributed by atoms with E-state index in [4.69, 9.17) is 9.84 Å². The zero-order chi connectivity index (χ0) is 11.6. The van der Waals surface area contributed by atoms with Crippen LogP contribution in [0.15, 0.2) is 5.38 Å². The maximum absolute atomic E-state index is 10.7. The summed E-state index contributed by atoms with van der Waals surface area (Å²) in [5, 5.41) is 11.0. The van der Waals surface area contributed by atoms with E-state index in [1.807, 2.05) is 20.8 Å². The van der Waals surface area contributed by atoms with Gasteiger partial charge in [0.2, 0.25) is 0 Å². The number of carboxylic acids is 1. The molecule has 5 heteroatoms. The molecule has 0 aromatic carbocycles. The SMILES string of the molecule is COC(c1nc(C(=O)O)cs1)C(C)(C)C. The van der Waals surface area contributed by atoms with Crippen LogP contribution in [0.1, 0.15) is 42.4 Å². The Labute approximate surface area is 92.9 Å². The fourth-order valence-corrected chi connectivity index (χ4v) is 2.44. The van der Waals surface area contributed by atoms with Crippen molar-refractivity contribution in [3.05, 3.63) is 16.1 Å². The van der Waals surface area contributed by atoms with Gasteiger partial charge < -0.3 is 9.84 Å². The summed E-state index contributed by atoms with van der Waals surface area (Å²) in [7, 11) is 1.61. The van der Waals surface area contributed by atoms with Crippen molar-refractivity contribution in [1.82, 2.24) is 4.98 Å². The summed E-state index contributed by atoms with van der Waals surface area (Å²) in [6.07, 6.45) is -0.171. The number of hydrogen-bond donors (Lipinski definition) is 1. The van der Waals surface area contributed by atoms with Crippen LogP contribution in [-0.2, 0) is 4.74 Å². The van der Waals surface area contributed by atoms with Crippen molar-refractivity contribution in [2.75, 3.05) is 7.11 Å². The summed E-state index contributed by atoms with van der Waals surface area (Å²) in [4.78, 5) is 14.7. The van der Waals surface area contributed by atoms with Gasteiger partial charge in [0, 0.05) is 12.5 Å². The van der Waals surface area contributed by atoms with Crippen LogP contribution in [0.5, 0.6) is 0 Å². The van der Waals surface area contributed by atoms with Crippen molar-refractivity contribution in [3.8, 4) is 0 Å². The lowest BCUT2D eigenvalue weighted by molar-refractivity contribution is 0.0149. The lowest BCUT2D eigenvalue weighted by atomic mass is 9.89. The molecule has 0 spiro atoms. The molecule has 0 aliphatic heterocycles. The van der Waals surface area contributed by atoms with Crippen LogP contribution in [0.2, 0.25) is 0 Å². The zero-order valence-corrected chi connectivity index (χ0v) is 10.1. The fourth-order valence-electron chi connectivity index (χ4n) is 1.33. The van der Waals surface area contributed by atoms with Gasteiger partial charge in [0.1, 0.15) is 11.1 Å². The minimum absolute atomic E-state index is 0.0845. The quantitative estimate of drug-likeness (QED) is 0.865. The Morgan fingerprint density at radius 1 is 1.60 bits per heavy atom. The van der Waals surface area contributed by atoms with Gasteiger partial charge in [-0.3, -0.25) is 0 Å². The summed E-state index contributed by atoms with van der Waals surface area (Å²) in [5.41, 5.74) is -0.0103. The minimum atomic E-state index is -0.999. The maximum Gasteiger partial charge on any atom is 0.355 e. The minimum Gasteiger partial charge on any atom is -0.476 e. The fraction of sp³-hybridized carbons (Fsp3) is 0.600. The monoisotopic (exact) mass is 229 g/mol. The van der Waals surface area contributed by atoms with Crippen LogP contribution in [0.4, 0.5) is 0 Å². The smallest absolute Gasteiger partial charge is 0.355 e. The Morgan fingerprint density at radius 3 is 2.53 bits per heavy atom. The van der Waals surface area contributed by atoms with Crippen LogP contribution >= 0.6 is 11.3 Å². The number of rotatable bonds is 3. The molecule has 1 aromatic rings. The summed E-state index contributed by atoms with van der Waals surface area (Å²) in [6, 6.07) is 0. The Kier molecular flexibility index (Phi) is 3.46. The third-order valence-electron chi connectivity index (χ3n) is 1.99. The Bertz CT molecular complexity index is 354. The van der Waals surface area contributed by atoms with Gasteiger partial charge in [0.25, 0.3) is 0 Å². The molecular weight excluding hydrogens is 214 g/mol. The second-order valence-corrected chi connectivity index (χ2v) is 5.25. The summed E-state index contributed by atoms with van der Waals surface area (Å²) < 4.78 is 5.35. The molecule has 1 rings (SSSR count). The van der Waals surface area contributed by atoms with E-state index in [9.17, 15) is 4.79 Å². The molecule has 1 unspecified atom stereocenters. The topological polar surface area (TPSA) is 59.4 Å². The first kappa shape index (κ1) is 12.1.